The summed E-state index contributed by atoms with van der Waals surface area (Å²) in [5, 5.41) is 0. The lowest BCUT2D eigenvalue weighted by Gasteiger charge is -2.20. The molecule has 2 rings (SSSR count). The predicted octanol–water partition coefficient (Wildman–Crippen LogP) is 3.19. The van der Waals surface area contributed by atoms with Crippen LogP contribution < -0.4 is 10.6 Å². The summed E-state index contributed by atoms with van der Waals surface area (Å²) in [6.45, 7) is 5.64. The first-order valence-electron chi connectivity index (χ1n) is 6.68. The normalized spacial score (nSPS) is 24.5. The zero-order chi connectivity index (χ0) is 12.4. The van der Waals surface area contributed by atoms with Gasteiger partial charge in [0.2, 0.25) is 0 Å². The lowest BCUT2D eigenvalue weighted by molar-refractivity contribution is 0.697. The summed E-state index contributed by atoms with van der Waals surface area (Å²) in [4.78, 5) is 2.36. The first-order chi connectivity index (χ1) is 8.11. The van der Waals surface area contributed by atoms with Crippen LogP contribution >= 0.6 is 0 Å². The number of nitrogens with two attached hydrogens (primary N) is 1. The summed E-state index contributed by atoms with van der Waals surface area (Å²) in [7, 11) is 2.18. The van der Waals surface area contributed by atoms with Gasteiger partial charge in [-0.1, -0.05) is 26.0 Å². The Hall–Kier alpha value is -1.02. The molecule has 0 bridgehead atoms. The monoisotopic (exact) mass is 232 g/mol. The fourth-order valence-electron chi connectivity index (χ4n) is 2.32. The van der Waals surface area contributed by atoms with Crippen molar-refractivity contribution in [3.05, 3.63) is 29.8 Å². The second kappa shape index (κ2) is 5.09. The lowest BCUT2D eigenvalue weighted by Crippen LogP contribution is -2.20. The molecule has 0 heterocycles. The van der Waals surface area contributed by atoms with Gasteiger partial charge in [-0.15, -0.1) is 0 Å². The largest absolute Gasteiger partial charge is 0.374 e. The first kappa shape index (κ1) is 12.4. The van der Waals surface area contributed by atoms with Crippen LogP contribution in [0.5, 0.6) is 0 Å². The summed E-state index contributed by atoms with van der Waals surface area (Å²) >= 11 is 0. The predicted molar refractivity (Wildman–Crippen MR) is 74.2 cm³/mol. The molecule has 1 saturated carbocycles. The van der Waals surface area contributed by atoms with E-state index in [1.165, 1.54) is 24.2 Å². The van der Waals surface area contributed by atoms with Crippen LogP contribution in [0.3, 0.4) is 0 Å². The molecule has 1 aliphatic carbocycles. The fraction of sp³-hybridized carbons (Fsp3) is 0.600. The van der Waals surface area contributed by atoms with Gasteiger partial charge in [0.05, 0.1) is 0 Å². The summed E-state index contributed by atoms with van der Waals surface area (Å²) in [6.07, 6.45) is 2.39. The zero-order valence-corrected chi connectivity index (χ0v) is 11.2. The Bertz CT molecular complexity index is 358. The number of rotatable bonds is 5. The third-order valence-corrected chi connectivity index (χ3v) is 3.99. The molecule has 0 saturated heterocycles. The molecule has 0 spiro atoms. The number of benzene rings is 1. The number of anilines is 1. The van der Waals surface area contributed by atoms with E-state index in [0.717, 1.165) is 18.3 Å². The first-order valence-corrected chi connectivity index (χ1v) is 6.68. The van der Waals surface area contributed by atoms with E-state index >= 15 is 0 Å². The Morgan fingerprint density at radius 3 is 2.41 bits per heavy atom. The van der Waals surface area contributed by atoms with Crippen molar-refractivity contribution in [1.29, 1.82) is 0 Å². The number of hydrogen-bond acceptors (Lipinski definition) is 2. The quantitative estimate of drug-likeness (QED) is 0.844. The van der Waals surface area contributed by atoms with Crippen molar-refractivity contribution in [3.8, 4) is 0 Å². The van der Waals surface area contributed by atoms with Crippen molar-refractivity contribution in [1.82, 2.24) is 0 Å². The van der Waals surface area contributed by atoms with Gasteiger partial charge in [0.15, 0.2) is 0 Å². The molecule has 3 unspecified atom stereocenters. The van der Waals surface area contributed by atoms with Gasteiger partial charge in [0, 0.05) is 25.3 Å². The summed E-state index contributed by atoms with van der Waals surface area (Å²) < 4.78 is 0. The van der Waals surface area contributed by atoms with Gasteiger partial charge in [-0.25, -0.2) is 0 Å². The third-order valence-electron chi connectivity index (χ3n) is 3.99. The zero-order valence-electron chi connectivity index (χ0n) is 11.2. The highest BCUT2D eigenvalue weighted by Crippen LogP contribution is 2.38. The fourth-order valence-corrected chi connectivity index (χ4v) is 2.32. The maximum Gasteiger partial charge on any atom is 0.0363 e. The van der Waals surface area contributed by atoms with E-state index in [4.69, 9.17) is 5.73 Å². The molecule has 1 aliphatic rings. The van der Waals surface area contributed by atoms with Gasteiger partial charge in [0.1, 0.15) is 0 Å². The molecule has 0 amide bonds. The minimum Gasteiger partial charge on any atom is -0.374 e. The molecule has 2 heteroatoms. The molecule has 0 radical (unpaired) electrons. The molecule has 1 aromatic rings. The molecular formula is C15H24N2. The average Bonchev–Trinajstić information content (AvgIpc) is 3.04. The van der Waals surface area contributed by atoms with Crippen LogP contribution in [0, 0.1) is 11.8 Å². The van der Waals surface area contributed by atoms with Crippen LogP contribution in [-0.4, -0.2) is 13.6 Å². The van der Waals surface area contributed by atoms with Gasteiger partial charge in [-0.05, 0) is 42.4 Å². The Morgan fingerprint density at radius 2 is 1.94 bits per heavy atom. The van der Waals surface area contributed by atoms with Crippen LogP contribution in [0.1, 0.15) is 38.3 Å². The maximum absolute atomic E-state index is 6.02. The van der Waals surface area contributed by atoms with E-state index in [1.54, 1.807) is 0 Å². The SMILES string of the molecule is CCC(N)c1ccc(N(C)CC2CC2C)cc1. The van der Waals surface area contributed by atoms with Crippen molar-refractivity contribution in [2.45, 2.75) is 32.7 Å². The molecular weight excluding hydrogens is 208 g/mol. The highest BCUT2D eigenvalue weighted by atomic mass is 15.1. The van der Waals surface area contributed by atoms with E-state index in [2.05, 4.69) is 50.1 Å². The van der Waals surface area contributed by atoms with E-state index < -0.39 is 0 Å². The van der Waals surface area contributed by atoms with Gasteiger partial charge in [0.25, 0.3) is 0 Å². The van der Waals surface area contributed by atoms with Gasteiger partial charge < -0.3 is 10.6 Å². The van der Waals surface area contributed by atoms with E-state index in [1.807, 2.05) is 0 Å². The topological polar surface area (TPSA) is 29.3 Å². The Balaban J connectivity index is 1.96. The smallest absolute Gasteiger partial charge is 0.0363 e. The molecule has 0 aliphatic heterocycles. The van der Waals surface area contributed by atoms with Crippen molar-refractivity contribution >= 4 is 5.69 Å². The minimum absolute atomic E-state index is 0.179. The molecule has 94 valence electrons. The molecule has 0 aromatic heterocycles. The summed E-state index contributed by atoms with van der Waals surface area (Å²) in [6, 6.07) is 8.89. The molecule has 2 nitrogen and oxygen atoms in total. The van der Waals surface area contributed by atoms with Crippen molar-refractivity contribution in [2.75, 3.05) is 18.5 Å². The maximum atomic E-state index is 6.02. The molecule has 3 atom stereocenters. The number of hydrogen-bond donors (Lipinski definition) is 1. The van der Waals surface area contributed by atoms with Crippen LogP contribution in [0.25, 0.3) is 0 Å². The number of nitrogens with zero attached hydrogens (tertiary/aromatic N) is 1. The van der Waals surface area contributed by atoms with Gasteiger partial charge in [-0.3, -0.25) is 0 Å². The third kappa shape index (κ3) is 3.01. The van der Waals surface area contributed by atoms with Crippen LogP contribution in [-0.2, 0) is 0 Å². The Kier molecular flexibility index (Phi) is 3.72. The van der Waals surface area contributed by atoms with Crippen LogP contribution in [0.4, 0.5) is 5.69 Å². The van der Waals surface area contributed by atoms with E-state index in [-0.39, 0.29) is 6.04 Å². The second-order valence-corrected chi connectivity index (χ2v) is 5.46. The highest BCUT2D eigenvalue weighted by Gasteiger charge is 2.33. The van der Waals surface area contributed by atoms with Gasteiger partial charge in [-0.2, -0.15) is 0 Å². The van der Waals surface area contributed by atoms with Crippen LogP contribution in [0.15, 0.2) is 24.3 Å². The van der Waals surface area contributed by atoms with Crippen molar-refractivity contribution in [3.63, 3.8) is 0 Å². The Morgan fingerprint density at radius 1 is 1.35 bits per heavy atom. The molecule has 1 aromatic carbocycles. The minimum atomic E-state index is 0.179. The lowest BCUT2D eigenvalue weighted by atomic mass is 10.1. The Labute approximate surface area is 105 Å². The van der Waals surface area contributed by atoms with Crippen molar-refractivity contribution < 1.29 is 0 Å². The average molecular weight is 232 g/mol. The van der Waals surface area contributed by atoms with Gasteiger partial charge >= 0.3 is 0 Å². The van der Waals surface area contributed by atoms with Crippen molar-refractivity contribution in [2.24, 2.45) is 17.6 Å². The van der Waals surface area contributed by atoms with E-state index in [0.29, 0.717) is 0 Å². The summed E-state index contributed by atoms with van der Waals surface area (Å²) in [5.74, 6) is 1.82. The molecule has 2 N–H and O–H groups in total. The highest BCUT2D eigenvalue weighted by molar-refractivity contribution is 5.47. The molecule has 1 fully saturated rings. The second-order valence-electron chi connectivity index (χ2n) is 5.46. The standard InChI is InChI=1S/C15H24N2/c1-4-15(16)12-5-7-14(8-6-12)17(3)10-13-9-11(13)2/h5-8,11,13,15H,4,9-10,16H2,1-3H3. The molecule has 17 heavy (non-hydrogen) atoms. The summed E-state index contributed by atoms with van der Waals surface area (Å²) in [5.41, 5.74) is 8.56. The van der Waals surface area contributed by atoms with Crippen LogP contribution in [0.2, 0.25) is 0 Å². The van der Waals surface area contributed by atoms with E-state index in [9.17, 15) is 0 Å².